The highest BCUT2D eigenvalue weighted by Gasteiger charge is 2.35. The highest BCUT2D eigenvalue weighted by atomic mass is 19.1. The Labute approximate surface area is 91.1 Å². The molecule has 0 spiro atoms. The van der Waals surface area contributed by atoms with Gasteiger partial charge in [-0.05, 0) is 17.7 Å². The van der Waals surface area contributed by atoms with E-state index in [0.717, 1.165) is 0 Å². The van der Waals surface area contributed by atoms with Crippen molar-refractivity contribution in [2.45, 2.75) is 12.3 Å². The number of rotatable bonds is 2. The molecular weight excluding hydrogens is 213 g/mol. The molecule has 0 saturated heterocycles. The number of halogens is 1. The van der Waals surface area contributed by atoms with Crippen LogP contribution in [0.25, 0.3) is 0 Å². The normalized spacial score (nSPS) is 20.4. The summed E-state index contributed by atoms with van der Waals surface area (Å²) in [6, 6.07) is 5.59. The topological polar surface area (TPSA) is 72.6 Å². The number of Topliss-reactive ketones (excluding diaryl/α,β-unsaturated/α-hetero) is 1. The molecule has 0 aromatic heterocycles. The summed E-state index contributed by atoms with van der Waals surface area (Å²) in [6.07, 6.45) is 0.278. The minimum Gasteiger partial charge on any atom is -0.399 e. The second kappa shape index (κ2) is 3.94. The minimum atomic E-state index is -0.497. The molecular formula is C11H10FNO3. The number of ketones is 1. The smallest absolute Gasteiger partial charge is 0.227 e. The summed E-state index contributed by atoms with van der Waals surface area (Å²) >= 11 is 0. The first kappa shape index (κ1) is 10.6. The number of hydrogen-bond acceptors (Lipinski definition) is 4. The van der Waals surface area contributed by atoms with Gasteiger partial charge in [-0.15, -0.1) is 0 Å². The van der Waals surface area contributed by atoms with Gasteiger partial charge in [0, 0.05) is 6.42 Å². The van der Waals surface area contributed by atoms with Gasteiger partial charge in [-0.2, -0.15) is 0 Å². The van der Waals surface area contributed by atoms with E-state index in [-0.39, 0.29) is 29.5 Å². The Hall–Kier alpha value is -1.88. The quantitative estimate of drug-likeness (QED) is 0.589. The monoisotopic (exact) mass is 223 g/mol. The molecule has 0 fully saturated rings. The zero-order valence-electron chi connectivity index (χ0n) is 8.31. The predicted molar refractivity (Wildman–Crippen MR) is 53.7 cm³/mol. The van der Waals surface area contributed by atoms with E-state index in [1.54, 1.807) is 0 Å². The summed E-state index contributed by atoms with van der Waals surface area (Å²) in [5.74, 6) is -1.46. The maximum Gasteiger partial charge on any atom is 0.227 e. The Bertz CT molecular complexity index is 453. The largest absolute Gasteiger partial charge is 0.399 e. The lowest BCUT2D eigenvalue weighted by Crippen LogP contribution is -2.09. The molecule has 4 nitrogen and oxygen atoms in total. The Balaban J connectivity index is 2.27. The lowest BCUT2D eigenvalue weighted by molar-refractivity contribution is -0.205. The average Bonchev–Trinajstić information content (AvgIpc) is 2.55. The molecule has 2 rings (SSSR count). The van der Waals surface area contributed by atoms with E-state index in [0.29, 0.717) is 5.56 Å². The molecule has 1 atom stereocenters. The van der Waals surface area contributed by atoms with Crippen molar-refractivity contribution in [3.05, 3.63) is 47.1 Å². The van der Waals surface area contributed by atoms with Crippen molar-refractivity contribution >= 4 is 5.78 Å². The van der Waals surface area contributed by atoms with Crippen LogP contribution >= 0.6 is 0 Å². The Morgan fingerprint density at radius 3 is 2.50 bits per heavy atom. The fraction of sp³-hybridized carbons (Fsp3) is 0.182. The second-order valence-corrected chi connectivity index (χ2v) is 3.62. The van der Waals surface area contributed by atoms with Crippen LogP contribution < -0.4 is 5.73 Å². The van der Waals surface area contributed by atoms with Gasteiger partial charge in [-0.3, -0.25) is 4.79 Å². The predicted octanol–water partition coefficient (Wildman–Crippen LogP) is 1.54. The van der Waals surface area contributed by atoms with Crippen molar-refractivity contribution in [3.63, 3.8) is 0 Å². The van der Waals surface area contributed by atoms with E-state index in [2.05, 4.69) is 4.89 Å². The van der Waals surface area contributed by atoms with Gasteiger partial charge < -0.3 is 10.6 Å². The van der Waals surface area contributed by atoms with Gasteiger partial charge >= 0.3 is 0 Å². The molecule has 16 heavy (non-hydrogen) atoms. The molecule has 1 aliphatic carbocycles. The molecule has 5 heteroatoms. The van der Waals surface area contributed by atoms with E-state index in [9.17, 15) is 9.18 Å². The fourth-order valence-corrected chi connectivity index (χ4v) is 1.79. The molecule has 0 radical (unpaired) electrons. The third-order valence-electron chi connectivity index (χ3n) is 2.62. The fourth-order valence-electron chi connectivity index (χ4n) is 1.79. The molecule has 84 valence electrons. The third kappa shape index (κ3) is 1.65. The van der Waals surface area contributed by atoms with Crippen molar-refractivity contribution in [1.29, 1.82) is 0 Å². The van der Waals surface area contributed by atoms with Crippen molar-refractivity contribution in [3.8, 4) is 0 Å². The van der Waals surface area contributed by atoms with Crippen LogP contribution in [-0.4, -0.2) is 11.0 Å². The SMILES string of the molecule is NC1=C(OO)C(=O)C(c2ccc(F)cc2)C1. The Kier molecular flexibility index (Phi) is 2.62. The van der Waals surface area contributed by atoms with Crippen LogP contribution in [0.3, 0.4) is 0 Å². The first-order valence-corrected chi connectivity index (χ1v) is 4.73. The highest BCUT2D eigenvalue weighted by Crippen LogP contribution is 2.33. The summed E-state index contributed by atoms with van der Waals surface area (Å²) in [5.41, 5.74) is 6.40. The maximum atomic E-state index is 12.7. The Morgan fingerprint density at radius 2 is 2.00 bits per heavy atom. The molecule has 0 saturated carbocycles. The van der Waals surface area contributed by atoms with E-state index in [1.165, 1.54) is 24.3 Å². The van der Waals surface area contributed by atoms with Crippen LogP contribution in [0.2, 0.25) is 0 Å². The molecule has 0 heterocycles. The molecule has 3 N–H and O–H groups in total. The van der Waals surface area contributed by atoms with Gasteiger partial charge in [0.25, 0.3) is 0 Å². The van der Waals surface area contributed by atoms with Crippen molar-refractivity contribution in [2.75, 3.05) is 0 Å². The minimum absolute atomic E-state index is 0.210. The molecule has 1 aromatic rings. The van der Waals surface area contributed by atoms with Crippen molar-refractivity contribution in [1.82, 2.24) is 0 Å². The van der Waals surface area contributed by atoms with Crippen LogP contribution in [0.15, 0.2) is 35.7 Å². The standard InChI is InChI=1S/C11H10FNO3/c12-7-3-1-6(2-4-7)8-5-9(13)11(16-15)10(8)14/h1-4,8,15H,5,13H2. The lowest BCUT2D eigenvalue weighted by atomic mass is 9.95. The lowest BCUT2D eigenvalue weighted by Gasteiger charge is -2.08. The summed E-state index contributed by atoms with van der Waals surface area (Å²) in [4.78, 5) is 15.7. The number of benzene rings is 1. The van der Waals surface area contributed by atoms with Crippen LogP contribution in [0.1, 0.15) is 17.9 Å². The maximum absolute atomic E-state index is 12.7. The highest BCUT2D eigenvalue weighted by molar-refractivity contribution is 6.01. The van der Waals surface area contributed by atoms with Gasteiger partial charge in [-0.1, -0.05) is 12.1 Å². The first-order chi connectivity index (χ1) is 7.63. The van der Waals surface area contributed by atoms with Crippen LogP contribution in [-0.2, 0) is 9.68 Å². The van der Waals surface area contributed by atoms with E-state index in [1.807, 2.05) is 0 Å². The average molecular weight is 223 g/mol. The number of carbonyl (C=O) groups is 1. The van der Waals surface area contributed by atoms with E-state index < -0.39 is 5.92 Å². The zero-order valence-corrected chi connectivity index (χ0v) is 8.31. The molecule has 1 unspecified atom stereocenters. The summed E-state index contributed by atoms with van der Waals surface area (Å²) in [5, 5.41) is 8.50. The molecule has 0 bridgehead atoms. The number of allylic oxidation sites excluding steroid dienone is 2. The number of nitrogens with two attached hydrogens (primary N) is 1. The first-order valence-electron chi connectivity index (χ1n) is 4.73. The van der Waals surface area contributed by atoms with Crippen molar-refractivity contribution < 1.29 is 19.3 Å². The molecule has 1 aromatic carbocycles. The summed E-state index contributed by atoms with van der Waals surface area (Å²) in [6.45, 7) is 0. The van der Waals surface area contributed by atoms with Crippen molar-refractivity contribution in [2.24, 2.45) is 5.73 Å². The van der Waals surface area contributed by atoms with Gasteiger partial charge in [0.15, 0.2) is 0 Å². The van der Waals surface area contributed by atoms with Gasteiger partial charge in [0.05, 0.1) is 11.6 Å². The van der Waals surface area contributed by atoms with Gasteiger partial charge in [0.1, 0.15) is 5.82 Å². The van der Waals surface area contributed by atoms with Gasteiger partial charge in [-0.25, -0.2) is 9.65 Å². The molecule has 0 amide bonds. The molecule has 1 aliphatic rings. The zero-order chi connectivity index (χ0) is 11.7. The van der Waals surface area contributed by atoms with Gasteiger partial charge in [0.2, 0.25) is 11.5 Å². The third-order valence-corrected chi connectivity index (χ3v) is 2.62. The van der Waals surface area contributed by atoms with E-state index >= 15 is 0 Å². The summed E-state index contributed by atoms with van der Waals surface area (Å²) < 4.78 is 12.7. The number of hydrogen-bond donors (Lipinski definition) is 2. The second-order valence-electron chi connectivity index (χ2n) is 3.62. The Morgan fingerprint density at radius 1 is 1.38 bits per heavy atom. The summed E-state index contributed by atoms with van der Waals surface area (Å²) in [7, 11) is 0. The number of carbonyl (C=O) groups excluding carboxylic acids is 1. The van der Waals surface area contributed by atoms with Crippen LogP contribution in [0, 0.1) is 5.82 Å². The van der Waals surface area contributed by atoms with Crippen LogP contribution in [0.4, 0.5) is 4.39 Å². The van der Waals surface area contributed by atoms with Crippen LogP contribution in [0.5, 0.6) is 0 Å². The molecule has 0 aliphatic heterocycles. The van der Waals surface area contributed by atoms with E-state index in [4.69, 9.17) is 11.0 Å².